The van der Waals surface area contributed by atoms with Crippen molar-refractivity contribution in [2.45, 2.75) is 31.2 Å². The van der Waals surface area contributed by atoms with E-state index in [1.165, 1.54) is 6.07 Å². The highest BCUT2D eigenvalue weighted by molar-refractivity contribution is 6.00. The smallest absolute Gasteiger partial charge is 0.411 e. The first kappa shape index (κ1) is 21.7. The molecular formula is C27H24N2O5. The van der Waals surface area contributed by atoms with E-state index in [1.54, 1.807) is 19.1 Å². The van der Waals surface area contributed by atoms with Gasteiger partial charge in [-0.1, -0.05) is 54.6 Å². The highest BCUT2D eigenvalue weighted by Crippen LogP contribution is 2.44. The molecule has 0 spiro atoms. The molecule has 172 valence electrons. The van der Waals surface area contributed by atoms with Crippen LogP contribution in [-0.4, -0.2) is 35.2 Å². The van der Waals surface area contributed by atoms with Crippen molar-refractivity contribution in [2.24, 2.45) is 0 Å². The van der Waals surface area contributed by atoms with Crippen LogP contribution in [-0.2, 0) is 9.53 Å². The summed E-state index contributed by atoms with van der Waals surface area (Å²) in [6, 6.07) is 21.0. The van der Waals surface area contributed by atoms with Gasteiger partial charge in [-0.15, -0.1) is 0 Å². The number of rotatable bonds is 6. The number of aryl methyl sites for hydroxylation is 1. The molecule has 3 aromatic rings. The lowest BCUT2D eigenvalue weighted by Crippen LogP contribution is -2.43. The lowest BCUT2D eigenvalue weighted by atomic mass is 9.98. The molecule has 7 nitrogen and oxygen atoms in total. The number of ether oxygens (including phenoxy) is 1. The maximum absolute atomic E-state index is 12.6. The van der Waals surface area contributed by atoms with Crippen LogP contribution in [0.1, 0.15) is 45.8 Å². The van der Waals surface area contributed by atoms with E-state index in [-0.39, 0.29) is 18.1 Å². The third-order valence-corrected chi connectivity index (χ3v) is 6.59. The number of carboxylic acids is 1. The number of anilines is 1. The summed E-state index contributed by atoms with van der Waals surface area (Å²) in [4.78, 5) is 36.6. The van der Waals surface area contributed by atoms with Crippen molar-refractivity contribution in [3.8, 4) is 11.1 Å². The van der Waals surface area contributed by atoms with Gasteiger partial charge in [0.15, 0.2) is 0 Å². The summed E-state index contributed by atoms with van der Waals surface area (Å²) >= 11 is 0. The van der Waals surface area contributed by atoms with Gasteiger partial charge in [-0.2, -0.15) is 0 Å². The van der Waals surface area contributed by atoms with Gasteiger partial charge in [-0.3, -0.25) is 10.1 Å². The molecule has 0 bridgehead atoms. The number of fused-ring (bicyclic) bond motifs is 3. The molecule has 0 saturated heterocycles. The van der Waals surface area contributed by atoms with Crippen LogP contribution < -0.4 is 10.6 Å². The predicted molar refractivity (Wildman–Crippen MR) is 127 cm³/mol. The van der Waals surface area contributed by atoms with E-state index in [4.69, 9.17) is 4.74 Å². The van der Waals surface area contributed by atoms with Gasteiger partial charge >= 0.3 is 12.1 Å². The molecule has 3 aromatic carbocycles. The lowest BCUT2D eigenvalue weighted by molar-refractivity contribution is -0.140. The summed E-state index contributed by atoms with van der Waals surface area (Å²) < 4.78 is 5.59. The zero-order valence-corrected chi connectivity index (χ0v) is 18.6. The average Bonchev–Trinajstić information content (AvgIpc) is 3.55. The maximum Gasteiger partial charge on any atom is 0.411 e. The van der Waals surface area contributed by atoms with E-state index >= 15 is 0 Å². The average molecular weight is 456 g/mol. The quantitative estimate of drug-likeness (QED) is 0.499. The molecule has 3 N–H and O–H groups in total. The van der Waals surface area contributed by atoms with Gasteiger partial charge in [0.05, 0.1) is 0 Å². The van der Waals surface area contributed by atoms with Gasteiger partial charge in [0.25, 0.3) is 5.91 Å². The summed E-state index contributed by atoms with van der Waals surface area (Å²) in [6.45, 7) is 1.99. The summed E-state index contributed by atoms with van der Waals surface area (Å²) in [7, 11) is 0. The van der Waals surface area contributed by atoms with Crippen LogP contribution in [0.15, 0.2) is 66.7 Å². The highest BCUT2D eigenvalue weighted by Gasteiger charge is 2.51. The highest BCUT2D eigenvalue weighted by atomic mass is 16.5. The van der Waals surface area contributed by atoms with E-state index in [1.807, 2.05) is 24.3 Å². The van der Waals surface area contributed by atoms with Gasteiger partial charge in [0, 0.05) is 17.2 Å². The summed E-state index contributed by atoms with van der Waals surface area (Å²) in [5.41, 5.74) is 4.83. The molecule has 34 heavy (non-hydrogen) atoms. The van der Waals surface area contributed by atoms with Crippen LogP contribution in [0, 0.1) is 6.92 Å². The molecule has 0 unspecified atom stereocenters. The van der Waals surface area contributed by atoms with Crippen molar-refractivity contribution in [3.63, 3.8) is 0 Å². The minimum atomic E-state index is -1.18. The van der Waals surface area contributed by atoms with Crippen molar-refractivity contribution in [2.75, 3.05) is 11.9 Å². The Balaban J connectivity index is 1.27. The van der Waals surface area contributed by atoms with Gasteiger partial charge in [-0.05, 0) is 59.7 Å². The van der Waals surface area contributed by atoms with Crippen LogP contribution in [0.4, 0.5) is 10.5 Å². The number of amides is 2. The zero-order valence-electron chi connectivity index (χ0n) is 18.6. The SMILES string of the molecule is Cc1ccc(C(=O)NC2(C(=O)O)CC2)cc1NC(=O)OCC1c2ccccc2-c2ccccc21. The first-order valence-corrected chi connectivity index (χ1v) is 11.2. The normalized spacial score (nSPS) is 15.1. The third kappa shape index (κ3) is 3.90. The van der Waals surface area contributed by atoms with Gasteiger partial charge in [0.2, 0.25) is 0 Å². The van der Waals surface area contributed by atoms with Crippen LogP contribution in [0.2, 0.25) is 0 Å². The fourth-order valence-electron chi connectivity index (χ4n) is 4.45. The number of carbonyl (C=O) groups is 3. The minimum Gasteiger partial charge on any atom is -0.480 e. The fourth-order valence-corrected chi connectivity index (χ4v) is 4.45. The molecule has 2 aliphatic rings. The van der Waals surface area contributed by atoms with E-state index in [0.717, 1.165) is 27.8 Å². The Kier molecular flexibility index (Phi) is 5.32. The molecule has 1 saturated carbocycles. The van der Waals surface area contributed by atoms with Gasteiger partial charge in [0.1, 0.15) is 12.1 Å². The first-order valence-electron chi connectivity index (χ1n) is 11.2. The van der Waals surface area contributed by atoms with Gasteiger partial charge in [-0.25, -0.2) is 9.59 Å². The number of nitrogens with one attached hydrogen (secondary N) is 2. The Morgan fingerprint density at radius 1 is 0.971 bits per heavy atom. The third-order valence-electron chi connectivity index (χ3n) is 6.59. The molecule has 0 aliphatic heterocycles. The molecule has 0 radical (unpaired) electrons. The molecule has 1 fully saturated rings. The number of carboxylic acid groups (broad SMARTS) is 1. The van der Waals surface area contributed by atoms with Crippen LogP contribution in [0.5, 0.6) is 0 Å². The number of carbonyl (C=O) groups excluding carboxylic acids is 2. The van der Waals surface area contributed by atoms with E-state index in [2.05, 4.69) is 34.9 Å². The van der Waals surface area contributed by atoms with Crippen molar-refractivity contribution in [1.82, 2.24) is 5.32 Å². The molecule has 7 heteroatoms. The second-order valence-electron chi connectivity index (χ2n) is 8.82. The summed E-state index contributed by atoms with van der Waals surface area (Å²) in [5.74, 6) is -1.58. The molecule has 5 rings (SSSR count). The zero-order chi connectivity index (χ0) is 23.9. The number of benzene rings is 3. The number of aliphatic carboxylic acids is 1. The Hall–Kier alpha value is -4.13. The molecule has 0 heterocycles. The Morgan fingerprint density at radius 3 is 2.18 bits per heavy atom. The van der Waals surface area contributed by atoms with Crippen LogP contribution >= 0.6 is 0 Å². The standard InChI is InChI=1S/C27H24N2O5/c1-16-10-11-17(24(30)29-27(12-13-27)25(31)32)14-23(16)28-26(33)34-15-22-20-8-4-2-6-18(20)19-7-3-5-9-21(19)22/h2-11,14,22H,12-13,15H2,1H3,(H,28,33)(H,29,30)(H,31,32). The molecule has 0 aromatic heterocycles. The van der Waals surface area contributed by atoms with Crippen molar-refractivity contribution >= 4 is 23.7 Å². The molecular weight excluding hydrogens is 432 g/mol. The van der Waals surface area contributed by atoms with Crippen molar-refractivity contribution in [1.29, 1.82) is 0 Å². The van der Waals surface area contributed by atoms with Crippen LogP contribution in [0.3, 0.4) is 0 Å². The maximum atomic E-state index is 12.6. The Morgan fingerprint density at radius 2 is 1.59 bits per heavy atom. The van der Waals surface area contributed by atoms with Crippen molar-refractivity contribution in [3.05, 3.63) is 89.0 Å². The van der Waals surface area contributed by atoms with E-state index in [9.17, 15) is 19.5 Å². The topological polar surface area (TPSA) is 105 Å². The van der Waals surface area contributed by atoms with E-state index in [0.29, 0.717) is 18.5 Å². The second-order valence-corrected chi connectivity index (χ2v) is 8.82. The summed E-state index contributed by atoms with van der Waals surface area (Å²) in [5, 5.41) is 14.6. The van der Waals surface area contributed by atoms with Crippen LogP contribution in [0.25, 0.3) is 11.1 Å². The molecule has 2 aliphatic carbocycles. The van der Waals surface area contributed by atoms with Gasteiger partial charge < -0.3 is 15.2 Å². The monoisotopic (exact) mass is 456 g/mol. The molecule has 0 atom stereocenters. The summed E-state index contributed by atoms with van der Waals surface area (Å²) in [6.07, 6.45) is 0.196. The van der Waals surface area contributed by atoms with Crippen molar-refractivity contribution < 1.29 is 24.2 Å². The largest absolute Gasteiger partial charge is 0.480 e. The first-order chi connectivity index (χ1) is 16.4. The predicted octanol–water partition coefficient (Wildman–Crippen LogP) is 4.70. The van der Waals surface area contributed by atoms with E-state index < -0.39 is 23.5 Å². The molecule has 2 amide bonds. The number of hydrogen-bond acceptors (Lipinski definition) is 4. The lowest BCUT2D eigenvalue weighted by Gasteiger charge is -2.16. The Bertz CT molecular complexity index is 1270. The minimum absolute atomic E-state index is 0.0536. The second kappa shape index (κ2) is 8.33. The Labute approximate surface area is 196 Å². The fraction of sp³-hybridized carbons (Fsp3) is 0.222. The number of hydrogen-bond donors (Lipinski definition) is 3.